The zero-order valence-electron chi connectivity index (χ0n) is 11.1. The van der Waals surface area contributed by atoms with E-state index in [2.05, 4.69) is 10.6 Å². The summed E-state index contributed by atoms with van der Waals surface area (Å²) in [4.78, 5) is 11.6. The Labute approximate surface area is 113 Å². The van der Waals surface area contributed by atoms with Crippen LogP contribution in [0.3, 0.4) is 0 Å². The van der Waals surface area contributed by atoms with Gasteiger partial charge in [0.2, 0.25) is 0 Å². The van der Waals surface area contributed by atoms with Crippen molar-refractivity contribution in [1.82, 2.24) is 5.32 Å². The summed E-state index contributed by atoms with van der Waals surface area (Å²) < 4.78 is 13.3. The second-order valence-electron chi connectivity index (χ2n) is 5.15. The monoisotopic (exact) mass is 264 g/mol. The van der Waals surface area contributed by atoms with Crippen molar-refractivity contribution in [2.24, 2.45) is 5.92 Å². The molecule has 4 heteroatoms. The van der Waals surface area contributed by atoms with Crippen LogP contribution >= 0.6 is 0 Å². The van der Waals surface area contributed by atoms with Crippen LogP contribution in [0.4, 0.5) is 14.9 Å². The summed E-state index contributed by atoms with van der Waals surface area (Å²) in [6.07, 6.45) is 7.54. The van der Waals surface area contributed by atoms with Gasteiger partial charge in [-0.05, 0) is 24.5 Å². The Morgan fingerprint density at radius 2 is 1.95 bits per heavy atom. The summed E-state index contributed by atoms with van der Waals surface area (Å²) >= 11 is 0. The van der Waals surface area contributed by atoms with E-state index in [0.717, 1.165) is 12.3 Å². The van der Waals surface area contributed by atoms with Gasteiger partial charge in [0.15, 0.2) is 0 Å². The zero-order valence-corrected chi connectivity index (χ0v) is 11.1. The zero-order chi connectivity index (χ0) is 13.5. The molecule has 104 valence electrons. The molecule has 1 fully saturated rings. The van der Waals surface area contributed by atoms with Crippen LogP contribution in [0.25, 0.3) is 0 Å². The van der Waals surface area contributed by atoms with Crippen molar-refractivity contribution in [3.63, 3.8) is 0 Å². The number of carbonyl (C=O) groups excluding carboxylic acids is 1. The fraction of sp³-hybridized carbons (Fsp3) is 0.533. The highest BCUT2D eigenvalue weighted by molar-refractivity contribution is 5.89. The third-order valence-electron chi connectivity index (χ3n) is 3.68. The molecule has 3 nitrogen and oxygen atoms in total. The van der Waals surface area contributed by atoms with Gasteiger partial charge < -0.3 is 10.6 Å². The maximum absolute atomic E-state index is 13.3. The van der Waals surface area contributed by atoms with Crippen LogP contribution in [0.1, 0.15) is 38.5 Å². The van der Waals surface area contributed by atoms with E-state index in [1.807, 2.05) is 0 Å². The largest absolute Gasteiger partial charge is 0.338 e. The minimum atomic E-state index is -0.412. The van der Waals surface area contributed by atoms with Crippen LogP contribution in [-0.4, -0.2) is 12.6 Å². The lowest BCUT2D eigenvalue weighted by Crippen LogP contribution is -2.31. The molecule has 0 unspecified atom stereocenters. The quantitative estimate of drug-likeness (QED) is 0.850. The number of halogens is 1. The molecule has 0 atom stereocenters. The predicted octanol–water partition coefficient (Wildman–Crippen LogP) is 3.92. The van der Waals surface area contributed by atoms with Crippen molar-refractivity contribution in [3.8, 4) is 0 Å². The number of amides is 2. The number of anilines is 1. The smallest absolute Gasteiger partial charge is 0.319 e. The van der Waals surface area contributed by atoms with E-state index in [9.17, 15) is 9.18 Å². The maximum atomic E-state index is 13.3. The van der Waals surface area contributed by atoms with Crippen LogP contribution in [0.15, 0.2) is 24.3 Å². The summed E-state index contributed by atoms with van der Waals surface area (Å²) in [7, 11) is 0. The van der Waals surface area contributed by atoms with Crippen LogP contribution in [0.2, 0.25) is 0 Å². The topological polar surface area (TPSA) is 41.1 Å². The molecule has 0 aliphatic heterocycles. The van der Waals surface area contributed by atoms with Crippen molar-refractivity contribution in [2.45, 2.75) is 38.5 Å². The number of para-hydroxylation sites is 1. The van der Waals surface area contributed by atoms with Gasteiger partial charge in [-0.25, -0.2) is 9.18 Å². The summed E-state index contributed by atoms with van der Waals surface area (Å²) in [5.74, 6) is 0.326. The molecule has 2 N–H and O–H groups in total. The fourth-order valence-electron chi connectivity index (χ4n) is 2.59. The number of hydrogen-bond acceptors (Lipinski definition) is 1. The normalized spacial score (nSPS) is 16.1. The van der Waals surface area contributed by atoms with E-state index in [0.29, 0.717) is 6.54 Å². The number of rotatable bonds is 4. The van der Waals surface area contributed by atoms with Gasteiger partial charge in [-0.1, -0.05) is 44.2 Å². The molecular weight excluding hydrogens is 243 g/mol. The highest BCUT2D eigenvalue weighted by Crippen LogP contribution is 2.25. The second-order valence-corrected chi connectivity index (χ2v) is 5.15. The average molecular weight is 264 g/mol. The molecule has 1 aliphatic carbocycles. The van der Waals surface area contributed by atoms with Crippen LogP contribution in [0, 0.1) is 11.7 Å². The highest BCUT2D eigenvalue weighted by Gasteiger charge is 2.13. The summed E-state index contributed by atoms with van der Waals surface area (Å²) in [5.41, 5.74) is 0.220. The summed E-state index contributed by atoms with van der Waals surface area (Å²) in [5, 5.41) is 5.31. The third-order valence-corrected chi connectivity index (χ3v) is 3.68. The van der Waals surface area contributed by atoms with Crippen LogP contribution < -0.4 is 10.6 Å². The minimum Gasteiger partial charge on any atom is -0.338 e. The molecule has 2 amide bonds. The van der Waals surface area contributed by atoms with Crippen molar-refractivity contribution >= 4 is 11.7 Å². The van der Waals surface area contributed by atoms with Crippen LogP contribution in [0.5, 0.6) is 0 Å². The molecule has 2 rings (SSSR count). The van der Waals surface area contributed by atoms with Crippen LogP contribution in [-0.2, 0) is 0 Å². The molecule has 0 bridgehead atoms. The Morgan fingerprint density at radius 3 is 2.68 bits per heavy atom. The van der Waals surface area contributed by atoms with Crippen molar-refractivity contribution < 1.29 is 9.18 Å². The van der Waals surface area contributed by atoms with Gasteiger partial charge in [-0.15, -0.1) is 0 Å². The Bertz CT molecular complexity index is 416. The van der Waals surface area contributed by atoms with Crippen molar-refractivity contribution in [1.29, 1.82) is 0 Å². The molecule has 0 aromatic heterocycles. The van der Waals surface area contributed by atoms with Crippen molar-refractivity contribution in [3.05, 3.63) is 30.1 Å². The molecular formula is C15H21FN2O. The summed E-state index contributed by atoms with van der Waals surface area (Å²) in [6, 6.07) is 5.84. The lowest BCUT2D eigenvalue weighted by Gasteiger charge is -2.21. The average Bonchev–Trinajstić information content (AvgIpc) is 2.43. The minimum absolute atomic E-state index is 0.220. The highest BCUT2D eigenvalue weighted by atomic mass is 19.1. The number of nitrogens with one attached hydrogen (secondary N) is 2. The van der Waals surface area contributed by atoms with Crippen molar-refractivity contribution in [2.75, 3.05) is 11.9 Å². The van der Waals surface area contributed by atoms with Gasteiger partial charge in [-0.3, -0.25) is 0 Å². The lowest BCUT2D eigenvalue weighted by atomic mass is 9.87. The molecule has 0 heterocycles. The van der Waals surface area contributed by atoms with E-state index in [-0.39, 0.29) is 11.7 Å². The van der Waals surface area contributed by atoms with E-state index in [1.165, 1.54) is 38.2 Å². The molecule has 1 aromatic rings. The summed E-state index contributed by atoms with van der Waals surface area (Å²) in [6.45, 7) is 0.658. The number of urea groups is 1. The standard InChI is InChI=1S/C15H21FN2O/c16-13-8-4-5-9-14(13)18-15(19)17-11-10-12-6-2-1-3-7-12/h4-5,8-9,12H,1-3,6-7,10-11H2,(H2,17,18,19). The van der Waals surface area contributed by atoms with E-state index >= 15 is 0 Å². The SMILES string of the molecule is O=C(NCCC1CCCCC1)Nc1ccccc1F. The number of benzene rings is 1. The predicted molar refractivity (Wildman–Crippen MR) is 74.6 cm³/mol. The molecule has 1 saturated carbocycles. The first-order valence-corrected chi connectivity index (χ1v) is 7.05. The molecule has 1 aromatic carbocycles. The molecule has 0 radical (unpaired) electrons. The molecule has 19 heavy (non-hydrogen) atoms. The number of carbonyl (C=O) groups is 1. The Morgan fingerprint density at radius 1 is 1.21 bits per heavy atom. The Balaban J connectivity index is 1.68. The first-order chi connectivity index (χ1) is 9.25. The Hall–Kier alpha value is -1.58. The van der Waals surface area contributed by atoms with Gasteiger partial charge in [0, 0.05) is 6.54 Å². The van der Waals surface area contributed by atoms with Gasteiger partial charge in [0.05, 0.1) is 5.69 Å². The first-order valence-electron chi connectivity index (χ1n) is 7.05. The third kappa shape index (κ3) is 4.54. The maximum Gasteiger partial charge on any atom is 0.319 e. The second kappa shape index (κ2) is 7.12. The van der Waals surface area contributed by atoms with E-state index in [1.54, 1.807) is 18.2 Å². The van der Waals surface area contributed by atoms with Gasteiger partial charge in [0.1, 0.15) is 5.82 Å². The molecule has 1 aliphatic rings. The van der Waals surface area contributed by atoms with E-state index < -0.39 is 5.82 Å². The van der Waals surface area contributed by atoms with E-state index in [4.69, 9.17) is 0 Å². The van der Waals surface area contributed by atoms with Gasteiger partial charge in [0.25, 0.3) is 0 Å². The Kier molecular flexibility index (Phi) is 5.19. The first kappa shape index (κ1) is 13.8. The van der Waals surface area contributed by atoms with Gasteiger partial charge >= 0.3 is 6.03 Å². The number of hydrogen-bond donors (Lipinski definition) is 2. The molecule has 0 spiro atoms. The fourth-order valence-corrected chi connectivity index (χ4v) is 2.59. The molecule has 0 saturated heterocycles. The lowest BCUT2D eigenvalue weighted by molar-refractivity contribution is 0.250. The van der Waals surface area contributed by atoms with Gasteiger partial charge in [-0.2, -0.15) is 0 Å².